The van der Waals surface area contributed by atoms with Crippen LogP contribution in [0.5, 0.6) is 0 Å². The molecule has 2 N–H and O–H groups in total. The molecule has 1 heterocycles. The molecule has 0 amide bonds. The van der Waals surface area contributed by atoms with Crippen molar-refractivity contribution < 1.29 is 4.39 Å². The molecule has 2 atom stereocenters. The Bertz CT molecular complexity index is 566. The lowest BCUT2D eigenvalue weighted by Gasteiger charge is -2.29. The minimum Gasteiger partial charge on any atom is -0.369 e. The number of nitrogens with two attached hydrogens (primary N) is 1. The van der Waals surface area contributed by atoms with E-state index in [4.69, 9.17) is 5.73 Å². The van der Waals surface area contributed by atoms with E-state index >= 15 is 0 Å². The summed E-state index contributed by atoms with van der Waals surface area (Å²) < 4.78 is 14.3. The average Bonchev–Trinajstić information content (AvgIpc) is 2.90. The van der Waals surface area contributed by atoms with Crippen LogP contribution in [0.4, 0.5) is 10.1 Å². The van der Waals surface area contributed by atoms with Crippen molar-refractivity contribution in [3.8, 4) is 0 Å². The summed E-state index contributed by atoms with van der Waals surface area (Å²) in [5.41, 5.74) is 7.55. The smallest absolute Gasteiger partial charge is 0.146 e. The average molecular weight is 306 g/mol. The van der Waals surface area contributed by atoms with Gasteiger partial charge in [0.1, 0.15) is 5.82 Å². The van der Waals surface area contributed by atoms with Gasteiger partial charge >= 0.3 is 0 Å². The largest absolute Gasteiger partial charge is 0.369 e. The molecule has 2 aromatic rings. The molecule has 0 aliphatic heterocycles. The highest BCUT2D eigenvalue weighted by molar-refractivity contribution is 7.09. The fourth-order valence-electron chi connectivity index (χ4n) is 2.54. The molecule has 0 spiro atoms. The fraction of sp³-hybridized carbons (Fsp3) is 0.412. The highest BCUT2D eigenvalue weighted by atomic mass is 32.1. The number of nitrogens with zero attached hydrogens (tertiary/aromatic N) is 1. The number of rotatable bonds is 6. The Balaban J connectivity index is 2.22. The van der Waals surface area contributed by atoms with Gasteiger partial charge in [0.25, 0.3) is 0 Å². The van der Waals surface area contributed by atoms with Gasteiger partial charge < -0.3 is 10.6 Å². The third kappa shape index (κ3) is 4.05. The molecule has 4 heteroatoms. The highest BCUT2D eigenvalue weighted by Gasteiger charge is 2.18. The van der Waals surface area contributed by atoms with Crippen molar-refractivity contribution in [2.45, 2.75) is 38.8 Å². The second-order valence-corrected chi connectivity index (χ2v) is 6.70. The molecule has 2 rings (SSSR count). The lowest BCUT2D eigenvalue weighted by Crippen LogP contribution is -2.32. The predicted molar refractivity (Wildman–Crippen MR) is 89.6 cm³/mol. The SMILES string of the molecule is CC(N)Cc1cccc(F)c1N(C)C(C)Cc1cccs1. The van der Waals surface area contributed by atoms with E-state index in [2.05, 4.69) is 24.4 Å². The lowest BCUT2D eigenvalue weighted by atomic mass is 10.0. The van der Waals surface area contributed by atoms with Gasteiger partial charge in [0.15, 0.2) is 0 Å². The number of thiophene rings is 1. The van der Waals surface area contributed by atoms with Crippen LogP contribution in [0.2, 0.25) is 0 Å². The Kier molecular flexibility index (Phi) is 5.37. The fourth-order valence-corrected chi connectivity index (χ4v) is 3.37. The number of benzene rings is 1. The van der Waals surface area contributed by atoms with Crippen molar-refractivity contribution >= 4 is 17.0 Å². The molecule has 2 nitrogen and oxygen atoms in total. The molecule has 2 unspecified atom stereocenters. The first-order chi connectivity index (χ1) is 9.99. The zero-order valence-electron chi connectivity index (χ0n) is 12.8. The van der Waals surface area contributed by atoms with Crippen LogP contribution in [-0.4, -0.2) is 19.1 Å². The van der Waals surface area contributed by atoms with E-state index in [0.717, 1.165) is 12.0 Å². The van der Waals surface area contributed by atoms with E-state index in [-0.39, 0.29) is 17.9 Å². The molecule has 1 aromatic carbocycles. The molecule has 0 aliphatic carbocycles. The van der Waals surface area contributed by atoms with E-state index in [9.17, 15) is 4.39 Å². The second kappa shape index (κ2) is 7.05. The lowest BCUT2D eigenvalue weighted by molar-refractivity contribution is 0.598. The van der Waals surface area contributed by atoms with Crippen molar-refractivity contribution in [2.75, 3.05) is 11.9 Å². The molecule has 0 bridgehead atoms. The summed E-state index contributed by atoms with van der Waals surface area (Å²) in [6.07, 6.45) is 1.60. The molecule has 0 aliphatic rings. The van der Waals surface area contributed by atoms with E-state index in [0.29, 0.717) is 12.1 Å². The quantitative estimate of drug-likeness (QED) is 0.878. The molecule has 0 fully saturated rings. The molecule has 1 aromatic heterocycles. The maximum absolute atomic E-state index is 14.3. The van der Waals surface area contributed by atoms with Crippen LogP contribution in [-0.2, 0) is 12.8 Å². The summed E-state index contributed by atoms with van der Waals surface area (Å²) in [5.74, 6) is -0.173. The Hall–Kier alpha value is -1.39. The van der Waals surface area contributed by atoms with E-state index in [1.54, 1.807) is 17.4 Å². The van der Waals surface area contributed by atoms with Gasteiger partial charge in [-0.1, -0.05) is 18.2 Å². The van der Waals surface area contributed by atoms with E-state index < -0.39 is 0 Å². The third-order valence-corrected chi connectivity index (χ3v) is 4.60. The van der Waals surface area contributed by atoms with Crippen LogP contribution < -0.4 is 10.6 Å². The maximum Gasteiger partial charge on any atom is 0.146 e. The molecule has 0 radical (unpaired) electrons. The standard InChI is InChI=1S/C17H23FN2S/c1-12(19)10-14-6-4-8-16(18)17(14)20(3)13(2)11-15-7-5-9-21-15/h4-9,12-13H,10-11,19H2,1-3H3. The number of hydrogen-bond donors (Lipinski definition) is 1. The van der Waals surface area contributed by atoms with Crippen LogP contribution >= 0.6 is 11.3 Å². The zero-order valence-corrected chi connectivity index (χ0v) is 13.7. The minimum atomic E-state index is -0.173. The third-order valence-electron chi connectivity index (χ3n) is 3.70. The highest BCUT2D eigenvalue weighted by Crippen LogP contribution is 2.27. The Morgan fingerprint density at radius 3 is 2.57 bits per heavy atom. The number of hydrogen-bond acceptors (Lipinski definition) is 3. The summed E-state index contributed by atoms with van der Waals surface area (Å²) >= 11 is 1.74. The monoisotopic (exact) mass is 306 g/mol. The summed E-state index contributed by atoms with van der Waals surface area (Å²) in [7, 11) is 1.96. The number of likely N-dealkylation sites (N-methyl/N-ethyl adjacent to an activating group) is 1. The van der Waals surface area contributed by atoms with E-state index in [1.807, 2.05) is 24.9 Å². The van der Waals surface area contributed by atoms with Crippen LogP contribution in [0.15, 0.2) is 35.7 Å². The van der Waals surface area contributed by atoms with Crippen molar-refractivity contribution in [2.24, 2.45) is 5.73 Å². The van der Waals surface area contributed by atoms with Crippen molar-refractivity contribution in [3.63, 3.8) is 0 Å². The van der Waals surface area contributed by atoms with Crippen LogP contribution in [0.3, 0.4) is 0 Å². The summed E-state index contributed by atoms with van der Waals surface area (Å²) in [6, 6.07) is 9.68. The van der Waals surface area contributed by atoms with Crippen LogP contribution in [0.1, 0.15) is 24.3 Å². The first kappa shape index (κ1) is 16.0. The first-order valence-corrected chi connectivity index (χ1v) is 8.15. The van der Waals surface area contributed by atoms with Gasteiger partial charge in [0, 0.05) is 30.4 Å². The van der Waals surface area contributed by atoms with Gasteiger partial charge in [-0.25, -0.2) is 4.39 Å². The first-order valence-electron chi connectivity index (χ1n) is 7.27. The van der Waals surface area contributed by atoms with Crippen molar-refractivity contribution in [3.05, 3.63) is 52.0 Å². The van der Waals surface area contributed by atoms with E-state index in [1.165, 1.54) is 10.9 Å². The van der Waals surface area contributed by atoms with Gasteiger partial charge in [-0.2, -0.15) is 0 Å². The topological polar surface area (TPSA) is 29.3 Å². The molecule has 114 valence electrons. The van der Waals surface area contributed by atoms with Gasteiger partial charge in [-0.15, -0.1) is 11.3 Å². The predicted octanol–water partition coefficient (Wildman–Crippen LogP) is 3.84. The van der Waals surface area contributed by atoms with Gasteiger partial charge in [0.05, 0.1) is 5.69 Å². The Morgan fingerprint density at radius 1 is 1.19 bits per heavy atom. The Labute approximate surface area is 130 Å². The summed E-state index contributed by atoms with van der Waals surface area (Å²) in [5, 5.41) is 2.08. The number of anilines is 1. The number of para-hydroxylation sites is 1. The summed E-state index contributed by atoms with van der Waals surface area (Å²) in [6.45, 7) is 4.07. The van der Waals surface area contributed by atoms with Crippen LogP contribution in [0, 0.1) is 5.82 Å². The van der Waals surface area contributed by atoms with Gasteiger partial charge in [-0.05, 0) is 43.3 Å². The molecule has 0 saturated heterocycles. The minimum absolute atomic E-state index is 0.0200. The van der Waals surface area contributed by atoms with Crippen LogP contribution in [0.25, 0.3) is 0 Å². The van der Waals surface area contributed by atoms with Gasteiger partial charge in [0.2, 0.25) is 0 Å². The molecular formula is C17H23FN2S. The molecular weight excluding hydrogens is 283 g/mol. The molecule has 21 heavy (non-hydrogen) atoms. The Morgan fingerprint density at radius 2 is 1.95 bits per heavy atom. The maximum atomic E-state index is 14.3. The summed E-state index contributed by atoms with van der Waals surface area (Å²) in [4.78, 5) is 3.35. The van der Waals surface area contributed by atoms with Crippen molar-refractivity contribution in [1.82, 2.24) is 0 Å². The number of halogens is 1. The second-order valence-electron chi connectivity index (χ2n) is 5.67. The zero-order chi connectivity index (χ0) is 15.4. The normalized spacial score (nSPS) is 14.0. The molecule has 0 saturated carbocycles. The van der Waals surface area contributed by atoms with Gasteiger partial charge in [-0.3, -0.25) is 0 Å². The van der Waals surface area contributed by atoms with Crippen molar-refractivity contribution in [1.29, 1.82) is 0 Å².